The normalized spacial score (nSPS) is 39.6. The number of nitrogens with two attached hydrogens (primary N) is 1. The first kappa shape index (κ1) is 8.86. The highest BCUT2D eigenvalue weighted by molar-refractivity contribution is 9.10. The van der Waals surface area contributed by atoms with Gasteiger partial charge in [-0.25, -0.2) is 0 Å². The van der Waals surface area contributed by atoms with E-state index in [1.807, 2.05) is 18.3 Å². The van der Waals surface area contributed by atoms with Gasteiger partial charge in [0.1, 0.15) is 0 Å². The molecule has 2 N–H and O–H groups in total. The molecule has 1 heterocycles. The van der Waals surface area contributed by atoms with E-state index in [1.54, 1.807) is 0 Å². The van der Waals surface area contributed by atoms with Crippen LogP contribution >= 0.6 is 15.9 Å². The van der Waals surface area contributed by atoms with E-state index in [0.29, 0.717) is 11.8 Å². The van der Waals surface area contributed by atoms with Crippen LogP contribution in [-0.4, -0.2) is 4.98 Å². The molecule has 1 aromatic rings. The summed E-state index contributed by atoms with van der Waals surface area (Å²) in [7, 11) is 0. The van der Waals surface area contributed by atoms with E-state index >= 15 is 0 Å². The first-order valence-electron chi connectivity index (χ1n) is 5.14. The summed E-state index contributed by atoms with van der Waals surface area (Å²) in [5.41, 5.74) is 7.38. The van der Waals surface area contributed by atoms with E-state index in [4.69, 9.17) is 5.73 Å². The zero-order valence-corrected chi connectivity index (χ0v) is 9.50. The van der Waals surface area contributed by atoms with Gasteiger partial charge in [0, 0.05) is 10.7 Å². The quantitative estimate of drug-likeness (QED) is 0.834. The van der Waals surface area contributed by atoms with Crippen molar-refractivity contribution in [2.45, 2.75) is 24.8 Å². The lowest BCUT2D eigenvalue weighted by atomic mass is 10.0. The molecule has 0 saturated heterocycles. The summed E-state index contributed by atoms with van der Waals surface area (Å²) in [4.78, 5) is 4.42. The number of pyridine rings is 1. The molecule has 0 spiro atoms. The lowest BCUT2D eigenvalue weighted by Gasteiger charge is -2.15. The highest BCUT2D eigenvalue weighted by Crippen LogP contribution is 2.64. The van der Waals surface area contributed by atoms with Crippen molar-refractivity contribution < 1.29 is 0 Å². The molecule has 3 rings (SSSR count). The Labute approximate surface area is 92.0 Å². The number of hydrogen-bond acceptors (Lipinski definition) is 2. The average Bonchev–Trinajstić information content (AvgIpc) is 2.63. The van der Waals surface area contributed by atoms with Crippen molar-refractivity contribution >= 4 is 15.9 Å². The Balaban J connectivity index is 2.01. The molecule has 2 nitrogen and oxygen atoms in total. The second-order valence-corrected chi connectivity index (χ2v) is 5.27. The molecule has 14 heavy (non-hydrogen) atoms. The smallest absolute Gasteiger partial charge is 0.0749 e. The van der Waals surface area contributed by atoms with Gasteiger partial charge in [-0.15, -0.1) is 0 Å². The van der Waals surface area contributed by atoms with Gasteiger partial charge in [-0.05, 0) is 52.7 Å². The number of fused-ring (bicyclic) bond motifs is 1. The molecule has 2 atom stereocenters. The van der Waals surface area contributed by atoms with Crippen molar-refractivity contribution in [3.05, 3.63) is 28.5 Å². The third kappa shape index (κ3) is 0.971. The van der Waals surface area contributed by atoms with Crippen LogP contribution in [0.4, 0.5) is 0 Å². The van der Waals surface area contributed by atoms with E-state index < -0.39 is 0 Å². The zero-order valence-electron chi connectivity index (χ0n) is 7.91. The van der Waals surface area contributed by atoms with Crippen LogP contribution in [0.2, 0.25) is 0 Å². The molecule has 0 bridgehead atoms. The first-order chi connectivity index (χ1) is 6.74. The summed E-state index contributed by atoms with van der Waals surface area (Å²) in [5, 5.41) is 0. The third-order valence-corrected chi connectivity index (χ3v) is 4.44. The number of nitrogens with zero attached hydrogens (tertiary/aromatic N) is 1. The molecule has 2 aliphatic rings. The van der Waals surface area contributed by atoms with Gasteiger partial charge < -0.3 is 5.73 Å². The van der Waals surface area contributed by atoms with Crippen LogP contribution in [0.3, 0.4) is 0 Å². The molecule has 2 saturated carbocycles. The number of hydrogen-bond donors (Lipinski definition) is 1. The molecule has 2 unspecified atom stereocenters. The van der Waals surface area contributed by atoms with Crippen molar-refractivity contribution in [1.82, 2.24) is 4.98 Å². The molecule has 1 aromatic heterocycles. The van der Waals surface area contributed by atoms with E-state index in [9.17, 15) is 0 Å². The van der Waals surface area contributed by atoms with E-state index in [2.05, 4.69) is 20.9 Å². The lowest BCUT2D eigenvalue weighted by molar-refractivity contribution is 0.512. The summed E-state index contributed by atoms with van der Waals surface area (Å²) in [5.74, 6) is 1.38. The number of halogens is 1. The van der Waals surface area contributed by atoms with Crippen LogP contribution in [0.1, 0.15) is 25.0 Å². The minimum atomic E-state index is -0.113. The minimum Gasteiger partial charge on any atom is -0.320 e. The molecular formula is C11H13BrN2. The van der Waals surface area contributed by atoms with Gasteiger partial charge in [-0.3, -0.25) is 4.98 Å². The van der Waals surface area contributed by atoms with E-state index in [-0.39, 0.29) is 5.54 Å². The van der Waals surface area contributed by atoms with Gasteiger partial charge in [-0.2, -0.15) is 0 Å². The fourth-order valence-electron chi connectivity index (χ4n) is 3.06. The molecule has 0 aliphatic heterocycles. The topological polar surface area (TPSA) is 38.9 Å². The third-order valence-electron chi connectivity index (χ3n) is 3.80. The van der Waals surface area contributed by atoms with Crippen molar-refractivity contribution in [3.8, 4) is 0 Å². The summed E-state index contributed by atoms with van der Waals surface area (Å²) in [6.07, 6.45) is 5.75. The largest absolute Gasteiger partial charge is 0.320 e. The second-order valence-electron chi connectivity index (χ2n) is 4.41. The molecule has 0 amide bonds. The van der Waals surface area contributed by atoms with Crippen molar-refractivity contribution in [3.63, 3.8) is 0 Å². The Morgan fingerprint density at radius 3 is 2.79 bits per heavy atom. The van der Waals surface area contributed by atoms with Gasteiger partial charge in [0.05, 0.1) is 11.2 Å². The van der Waals surface area contributed by atoms with Crippen LogP contribution in [0.5, 0.6) is 0 Å². The van der Waals surface area contributed by atoms with E-state index in [0.717, 1.165) is 10.2 Å². The summed E-state index contributed by atoms with van der Waals surface area (Å²) in [6.45, 7) is 0. The van der Waals surface area contributed by atoms with E-state index in [1.165, 1.54) is 19.3 Å². The lowest BCUT2D eigenvalue weighted by Crippen LogP contribution is -2.27. The molecule has 2 fully saturated rings. The van der Waals surface area contributed by atoms with Gasteiger partial charge in [0.25, 0.3) is 0 Å². The maximum Gasteiger partial charge on any atom is 0.0749 e. The summed E-state index contributed by atoms with van der Waals surface area (Å²) >= 11 is 3.54. The Hall–Kier alpha value is -0.410. The SMILES string of the molecule is NC1(c2ncccc2Br)C2CCCC21. The maximum absolute atomic E-state index is 6.43. The fraction of sp³-hybridized carbons (Fsp3) is 0.545. The number of rotatable bonds is 1. The molecular weight excluding hydrogens is 240 g/mol. The van der Waals surface area contributed by atoms with Crippen molar-refractivity contribution in [2.75, 3.05) is 0 Å². The highest BCUT2D eigenvalue weighted by atomic mass is 79.9. The Morgan fingerprint density at radius 1 is 1.43 bits per heavy atom. The molecule has 2 aliphatic carbocycles. The van der Waals surface area contributed by atoms with Crippen LogP contribution in [0.15, 0.2) is 22.8 Å². The van der Waals surface area contributed by atoms with Crippen molar-refractivity contribution in [1.29, 1.82) is 0 Å². The second kappa shape index (κ2) is 2.80. The average molecular weight is 253 g/mol. The molecule has 3 heteroatoms. The van der Waals surface area contributed by atoms with Crippen molar-refractivity contribution in [2.24, 2.45) is 17.6 Å². The summed E-state index contributed by atoms with van der Waals surface area (Å²) in [6, 6.07) is 3.97. The zero-order chi connectivity index (χ0) is 9.76. The van der Waals surface area contributed by atoms with Crippen LogP contribution in [0, 0.1) is 11.8 Å². The predicted octanol–water partition coefficient (Wildman–Crippen LogP) is 2.43. The fourth-order valence-corrected chi connectivity index (χ4v) is 3.65. The van der Waals surface area contributed by atoms with Crippen LogP contribution in [-0.2, 0) is 5.54 Å². The minimum absolute atomic E-state index is 0.113. The Morgan fingerprint density at radius 2 is 2.14 bits per heavy atom. The molecule has 0 radical (unpaired) electrons. The van der Waals surface area contributed by atoms with Crippen LogP contribution in [0.25, 0.3) is 0 Å². The molecule has 74 valence electrons. The van der Waals surface area contributed by atoms with Gasteiger partial charge in [-0.1, -0.05) is 6.42 Å². The van der Waals surface area contributed by atoms with Gasteiger partial charge in [0.2, 0.25) is 0 Å². The van der Waals surface area contributed by atoms with Gasteiger partial charge >= 0.3 is 0 Å². The maximum atomic E-state index is 6.43. The van der Waals surface area contributed by atoms with Crippen LogP contribution < -0.4 is 5.73 Å². The predicted molar refractivity (Wildman–Crippen MR) is 58.6 cm³/mol. The summed E-state index contributed by atoms with van der Waals surface area (Å²) < 4.78 is 1.07. The number of aromatic nitrogens is 1. The standard InChI is InChI=1S/C11H13BrN2/c12-9-5-2-6-14-10(9)11(13)7-3-1-4-8(7)11/h2,5-8H,1,3-4,13H2. The van der Waals surface area contributed by atoms with Gasteiger partial charge in [0.15, 0.2) is 0 Å². The molecule has 0 aromatic carbocycles. The highest BCUT2D eigenvalue weighted by Gasteiger charge is 2.65. The Kier molecular flexibility index (Phi) is 1.77. The first-order valence-corrected chi connectivity index (χ1v) is 5.93. The monoisotopic (exact) mass is 252 g/mol. The Bertz CT molecular complexity index is 367.